The fourth-order valence-corrected chi connectivity index (χ4v) is 2.93. The van der Waals surface area contributed by atoms with Crippen LogP contribution in [0.4, 0.5) is 0 Å². The van der Waals surface area contributed by atoms with Gasteiger partial charge >= 0.3 is 0 Å². The number of nitrogens with zero attached hydrogens (tertiary/aromatic N) is 1. The lowest BCUT2D eigenvalue weighted by Gasteiger charge is -2.25. The third-order valence-corrected chi connectivity index (χ3v) is 4.12. The Kier molecular flexibility index (Phi) is 10.3. The van der Waals surface area contributed by atoms with E-state index in [0.717, 1.165) is 12.5 Å². The molecule has 1 aliphatic rings. The molecule has 130 valence electrons. The molecule has 2 N–H and O–H groups in total. The van der Waals surface area contributed by atoms with Gasteiger partial charge in [0.05, 0.1) is 13.2 Å². The number of rotatable bonds is 6. The van der Waals surface area contributed by atoms with E-state index < -0.39 is 0 Å². The second-order valence-corrected chi connectivity index (χ2v) is 5.88. The number of nitrogens with one attached hydrogen (secondary N) is 2. The summed E-state index contributed by atoms with van der Waals surface area (Å²) < 4.78 is 5.26. The summed E-state index contributed by atoms with van der Waals surface area (Å²) in [6.07, 6.45) is 6.53. The summed E-state index contributed by atoms with van der Waals surface area (Å²) in [5, 5.41) is 6.95. The SMILES string of the molecule is CCNC(=NCc1ccccc1COC)NC1CCCCC1.I. The molecule has 0 unspecified atom stereocenters. The van der Waals surface area contributed by atoms with Crippen LogP contribution >= 0.6 is 24.0 Å². The minimum Gasteiger partial charge on any atom is -0.380 e. The molecule has 2 rings (SSSR count). The van der Waals surface area contributed by atoms with Crippen LogP contribution in [0.15, 0.2) is 29.3 Å². The summed E-state index contributed by atoms with van der Waals surface area (Å²) in [6.45, 7) is 4.31. The Labute approximate surface area is 157 Å². The fraction of sp³-hybridized carbons (Fsp3) is 0.611. The number of methoxy groups -OCH3 is 1. The van der Waals surface area contributed by atoms with Gasteiger partial charge in [-0.1, -0.05) is 43.5 Å². The molecule has 1 aliphatic carbocycles. The number of hydrogen-bond acceptors (Lipinski definition) is 2. The topological polar surface area (TPSA) is 45.7 Å². The van der Waals surface area contributed by atoms with Gasteiger partial charge in [-0.05, 0) is 30.9 Å². The van der Waals surface area contributed by atoms with E-state index in [2.05, 4.69) is 35.8 Å². The molecule has 1 saturated carbocycles. The standard InChI is InChI=1S/C18H29N3O.HI/c1-3-19-18(21-17-11-5-4-6-12-17)20-13-15-9-7-8-10-16(15)14-22-2;/h7-10,17H,3-6,11-14H2,1-2H3,(H2,19,20,21);1H. The van der Waals surface area contributed by atoms with Crippen LogP contribution in [0.25, 0.3) is 0 Å². The predicted octanol–water partition coefficient (Wildman–Crippen LogP) is 3.84. The van der Waals surface area contributed by atoms with Crippen molar-refractivity contribution in [3.8, 4) is 0 Å². The van der Waals surface area contributed by atoms with Crippen LogP contribution in [0.2, 0.25) is 0 Å². The molecule has 0 saturated heterocycles. The van der Waals surface area contributed by atoms with E-state index in [1.54, 1.807) is 7.11 Å². The zero-order chi connectivity index (χ0) is 15.6. The lowest BCUT2D eigenvalue weighted by Crippen LogP contribution is -2.44. The first-order chi connectivity index (χ1) is 10.8. The Morgan fingerprint density at radius 2 is 1.87 bits per heavy atom. The Morgan fingerprint density at radius 3 is 2.52 bits per heavy atom. The summed E-state index contributed by atoms with van der Waals surface area (Å²) in [5.41, 5.74) is 2.44. The number of ether oxygens (including phenoxy) is 1. The van der Waals surface area contributed by atoms with Crippen LogP contribution in [0.1, 0.15) is 50.2 Å². The van der Waals surface area contributed by atoms with Gasteiger partial charge in [0.15, 0.2) is 5.96 Å². The molecule has 5 heteroatoms. The van der Waals surface area contributed by atoms with E-state index in [4.69, 9.17) is 9.73 Å². The molecule has 1 aromatic rings. The zero-order valence-corrected chi connectivity index (χ0v) is 16.6. The highest BCUT2D eigenvalue weighted by Gasteiger charge is 2.14. The first kappa shape index (κ1) is 20.2. The van der Waals surface area contributed by atoms with Crippen molar-refractivity contribution < 1.29 is 4.74 Å². The minimum absolute atomic E-state index is 0. The lowest BCUT2D eigenvalue weighted by atomic mass is 9.96. The third-order valence-electron chi connectivity index (χ3n) is 4.12. The highest BCUT2D eigenvalue weighted by molar-refractivity contribution is 14.0. The number of halogens is 1. The van der Waals surface area contributed by atoms with E-state index >= 15 is 0 Å². The molecule has 23 heavy (non-hydrogen) atoms. The molecule has 0 heterocycles. The lowest BCUT2D eigenvalue weighted by molar-refractivity contribution is 0.184. The van der Waals surface area contributed by atoms with Crippen molar-refractivity contribution in [2.75, 3.05) is 13.7 Å². The van der Waals surface area contributed by atoms with E-state index in [9.17, 15) is 0 Å². The first-order valence-electron chi connectivity index (χ1n) is 8.44. The molecule has 0 bridgehead atoms. The zero-order valence-electron chi connectivity index (χ0n) is 14.3. The predicted molar refractivity (Wildman–Crippen MR) is 107 cm³/mol. The normalized spacial score (nSPS) is 15.8. The molecular formula is C18H30IN3O. The van der Waals surface area contributed by atoms with Crippen molar-refractivity contribution >= 4 is 29.9 Å². The summed E-state index contributed by atoms with van der Waals surface area (Å²) >= 11 is 0. The molecule has 0 aromatic heterocycles. The van der Waals surface area contributed by atoms with Gasteiger partial charge in [0.1, 0.15) is 0 Å². The molecular weight excluding hydrogens is 401 g/mol. The van der Waals surface area contributed by atoms with Crippen LogP contribution < -0.4 is 10.6 Å². The van der Waals surface area contributed by atoms with Gasteiger partial charge in [0, 0.05) is 19.7 Å². The smallest absolute Gasteiger partial charge is 0.191 e. The highest BCUT2D eigenvalue weighted by atomic mass is 127. The van der Waals surface area contributed by atoms with Crippen molar-refractivity contribution in [2.24, 2.45) is 4.99 Å². The van der Waals surface area contributed by atoms with Gasteiger partial charge < -0.3 is 15.4 Å². The number of guanidine groups is 1. The van der Waals surface area contributed by atoms with Gasteiger partial charge in [0.2, 0.25) is 0 Å². The summed E-state index contributed by atoms with van der Waals surface area (Å²) in [5.74, 6) is 0.932. The van der Waals surface area contributed by atoms with E-state index in [1.807, 2.05) is 6.07 Å². The number of benzene rings is 1. The van der Waals surface area contributed by atoms with Crippen molar-refractivity contribution in [3.63, 3.8) is 0 Å². The molecule has 1 aromatic carbocycles. The summed E-state index contributed by atoms with van der Waals surface area (Å²) in [7, 11) is 1.73. The molecule has 4 nitrogen and oxygen atoms in total. The maximum Gasteiger partial charge on any atom is 0.191 e. The van der Waals surface area contributed by atoms with E-state index in [1.165, 1.54) is 43.2 Å². The molecule has 0 atom stereocenters. The Morgan fingerprint density at radius 1 is 1.17 bits per heavy atom. The Balaban J connectivity index is 0.00000264. The second kappa shape index (κ2) is 11.7. The van der Waals surface area contributed by atoms with Crippen molar-refractivity contribution in [2.45, 2.75) is 58.2 Å². The maximum absolute atomic E-state index is 5.26. The van der Waals surface area contributed by atoms with Gasteiger partial charge in [-0.15, -0.1) is 24.0 Å². The van der Waals surface area contributed by atoms with Gasteiger partial charge in [-0.3, -0.25) is 0 Å². The molecule has 0 radical (unpaired) electrons. The van der Waals surface area contributed by atoms with Crippen molar-refractivity contribution in [1.29, 1.82) is 0 Å². The van der Waals surface area contributed by atoms with Gasteiger partial charge in [0.25, 0.3) is 0 Å². The Hall–Kier alpha value is -0.820. The third kappa shape index (κ3) is 7.08. The first-order valence-corrected chi connectivity index (χ1v) is 8.44. The number of hydrogen-bond donors (Lipinski definition) is 2. The number of aliphatic imine (C=N–C) groups is 1. The van der Waals surface area contributed by atoms with Crippen molar-refractivity contribution in [1.82, 2.24) is 10.6 Å². The van der Waals surface area contributed by atoms with Crippen LogP contribution in [-0.2, 0) is 17.9 Å². The molecule has 0 spiro atoms. The average Bonchev–Trinajstić information content (AvgIpc) is 2.55. The van der Waals surface area contributed by atoms with E-state index in [0.29, 0.717) is 19.2 Å². The molecule has 0 aliphatic heterocycles. The van der Waals surface area contributed by atoms with Crippen LogP contribution in [0.5, 0.6) is 0 Å². The fourth-order valence-electron chi connectivity index (χ4n) is 2.93. The monoisotopic (exact) mass is 431 g/mol. The maximum atomic E-state index is 5.26. The molecule has 0 amide bonds. The van der Waals surface area contributed by atoms with E-state index in [-0.39, 0.29) is 24.0 Å². The quantitative estimate of drug-likeness (QED) is 0.409. The summed E-state index contributed by atoms with van der Waals surface area (Å²) in [4.78, 5) is 4.76. The van der Waals surface area contributed by atoms with Gasteiger partial charge in [-0.2, -0.15) is 0 Å². The largest absolute Gasteiger partial charge is 0.380 e. The minimum atomic E-state index is 0. The van der Waals surface area contributed by atoms with Crippen LogP contribution in [0.3, 0.4) is 0 Å². The van der Waals surface area contributed by atoms with Gasteiger partial charge in [-0.25, -0.2) is 4.99 Å². The Bertz CT molecular complexity index is 473. The molecule has 1 fully saturated rings. The average molecular weight is 431 g/mol. The van der Waals surface area contributed by atoms with Crippen LogP contribution in [-0.4, -0.2) is 25.7 Å². The van der Waals surface area contributed by atoms with Crippen LogP contribution in [0, 0.1) is 0 Å². The second-order valence-electron chi connectivity index (χ2n) is 5.88. The van der Waals surface area contributed by atoms with Crippen molar-refractivity contribution in [3.05, 3.63) is 35.4 Å². The summed E-state index contributed by atoms with van der Waals surface area (Å²) in [6, 6.07) is 8.91. The highest BCUT2D eigenvalue weighted by Crippen LogP contribution is 2.17.